The maximum atomic E-state index is 13.3. The van der Waals surface area contributed by atoms with Crippen molar-refractivity contribution in [3.05, 3.63) is 71.3 Å². The van der Waals surface area contributed by atoms with Crippen LogP contribution in [0.15, 0.2) is 54.6 Å². The van der Waals surface area contributed by atoms with Crippen LogP contribution < -0.4 is 0 Å². The molecule has 0 unspecified atom stereocenters. The van der Waals surface area contributed by atoms with E-state index >= 15 is 0 Å². The van der Waals surface area contributed by atoms with E-state index in [1.807, 2.05) is 23.1 Å². The number of fused-ring (bicyclic) bond motifs is 2. The minimum absolute atomic E-state index is 0.0790. The summed E-state index contributed by atoms with van der Waals surface area (Å²) >= 11 is 0. The fourth-order valence-electron chi connectivity index (χ4n) is 5.62. The lowest BCUT2D eigenvalue weighted by Crippen LogP contribution is -2.39. The second-order valence-electron chi connectivity index (χ2n) is 8.57. The average molecular weight is 374 g/mol. The van der Waals surface area contributed by atoms with Gasteiger partial charge in [0.1, 0.15) is 0 Å². The number of carbonyl (C=O) groups is 2. The fraction of sp³-hybridized carbons (Fsp3) is 0.417. The molecule has 2 amide bonds. The molecular formula is C24H26N2O2. The van der Waals surface area contributed by atoms with Crippen LogP contribution in [0.5, 0.6) is 0 Å². The molecule has 2 aromatic rings. The molecule has 0 N–H and O–H groups in total. The summed E-state index contributed by atoms with van der Waals surface area (Å²) in [4.78, 5) is 29.6. The van der Waals surface area contributed by atoms with Crippen molar-refractivity contribution in [2.45, 2.75) is 25.8 Å². The van der Waals surface area contributed by atoms with E-state index in [9.17, 15) is 9.59 Å². The predicted molar refractivity (Wildman–Crippen MR) is 107 cm³/mol. The highest BCUT2D eigenvalue weighted by Gasteiger charge is 2.50. The fourth-order valence-corrected chi connectivity index (χ4v) is 5.62. The van der Waals surface area contributed by atoms with Crippen LogP contribution in [-0.4, -0.2) is 41.2 Å². The molecule has 0 spiro atoms. The number of hydrogen-bond donors (Lipinski definition) is 0. The van der Waals surface area contributed by atoms with Gasteiger partial charge in [-0.05, 0) is 29.5 Å². The highest BCUT2D eigenvalue weighted by atomic mass is 16.2. The van der Waals surface area contributed by atoms with Gasteiger partial charge < -0.3 is 9.80 Å². The number of carbonyl (C=O) groups excluding carboxylic acids is 2. The molecule has 4 nitrogen and oxygen atoms in total. The zero-order valence-electron chi connectivity index (χ0n) is 16.3. The van der Waals surface area contributed by atoms with Crippen molar-refractivity contribution in [2.24, 2.45) is 17.8 Å². The maximum Gasteiger partial charge on any atom is 0.226 e. The largest absolute Gasteiger partial charge is 0.342 e. The van der Waals surface area contributed by atoms with Crippen LogP contribution in [0.4, 0.5) is 0 Å². The molecular weight excluding hydrogens is 348 g/mol. The Bertz CT molecular complexity index is 885. The summed E-state index contributed by atoms with van der Waals surface area (Å²) in [5.74, 6) is 1.22. The van der Waals surface area contributed by atoms with E-state index in [-0.39, 0.29) is 17.9 Å². The van der Waals surface area contributed by atoms with E-state index in [2.05, 4.69) is 41.3 Å². The number of rotatable bonds is 2. The van der Waals surface area contributed by atoms with Gasteiger partial charge in [-0.15, -0.1) is 0 Å². The minimum Gasteiger partial charge on any atom is -0.342 e. The van der Waals surface area contributed by atoms with Crippen molar-refractivity contribution in [1.82, 2.24) is 9.80 Å². The molecule has 0 saturated carbocycles. The molecule has 1 aliphatic carbocycles. The summed E-state index contributed by atoms with van der Waals surface area (Å²) in [5.41, 5.74) is 3.84. The first-order chi connectivity index (χ1) is 13.6. The van der Waals surface area contributed by atoms with E-state index in [4.69, 9.17) is 0 Å². The quantitative estimate of drug-likeness (QED) is 0.811. The highest BCUT2D eigenvalue weighted by Crippen LogP contribution is 2.45. The zero-order chi connectivity index (χ0) is 19.3. The molecule has 144 valence electrons. The molecule has 0 radical (unpaired) electrons. The van der Waals surface area contributed by atoms with Crippen molar-refractivity contribution in [1.29, 1.82) is 0 Å². The van der Waals surface area contributed by atoms with E-state index in [0.29, 0.717) is 17.7 Å². The van der Waals surface area contributed by atoms with Crippen molar-refractivity contribution < 1.29 is 9.59 Å². The maximum absolute atomic E-state index is 13.3. The molecule has 3 atom stereocenters. The van der Waals surface area contributed by atoms with Crippen LogP contribution >= 0.6 is 0 Å². The average Bonchev–Trinajstić information content (AvgIpc) is 3.39. The first kappa shape index (κ1) is 17.5. The first-order valence-corrected chi connectivity index (χ1v) is 10.3. The van der Waals surface area contributed by atoms with Crippen LogP contribution in [0.3, 0.4) is 0 Å². The molecule has 5 rings (SSSR count). The van der Waals surface area contributed by atoms with Crippen molar-refractivity contribution in [3.63, 3.8) is 0 Å². The van der Waals surface area contributed by atoms with Crippen LogP contribution in [0.25, 0.3) is 0 Å². The number of likely N-dealkylation sites (tertiary alicyclic amines) is 2. The lowest BCUT2D eigenvalue weighted by molar-refractivity contribution is -0.135. The molecule has 4 heteroatoms. The lowest BCUT2D eigenvalue weighted by Gasteiger charge is -2.30. The van der Waals surface area contributed by atoms with Crippen LogP contribution in [-0.2, 0) is 22.4 Å². The molecule has 2 heterocycles. The second-order valence-corrected chi connectivity index (χ2v) is 8.57. The first-order valence-electron chi connectivity index (χ1n) is 10.3. The molecule has 3 aliphatic rings. The monoisotopic (exact) mass is 374 g/mol. The van der Waals surface area contributed by atoms with Gasteiger partial charge in [-0.1, -0.05) is 54.6 Å². The van der Waals surface area contributed by atoms with Crippen LogP contribution in [0.2, 0.25) is 0 Å². The summed E-state index contributed by atoms with van der Waals surface area (Å²) in [6, 6.07) is 18.8. The summed E-state index contributed by atoms with van der Waals surface area (Å²) in [6.45, 7) is 3.97. The normalized spacial score (nSPS) is 26.4. The van der Waals surface area contributed by atoms with E-state index in [0.717, 1.165) is 32.5 Å². The van der Waals surface area contributed by atoms with E-state index < -0.39 is 0 Å². The third-order valence-electron chi connectivity index (χ3n) is 6.92. The van der Waals surface area contributed by atoms with Gasteiger partial charge in [0.15, 0.2) is 0 Å². The number of nitrogens with zero attached hydrogens (tertiary/aromatic N) is 2. The lowest BCUT2D eigenvalue weighted by atomic mass is 9.89. The molecule has 0 aromatic heterocycles. The Labute approximate surface area is 166 Å². The van der Waals surface area contributed by atoms with E-state index in [1.165, 1.54) is 16.7 Å². The van der Waals surface area contributed by atoms with Crippen molar-refractivity contribution in [3.8, 4) is 0 Å². The number of benzene rings is 2. The SMILES string of the molecule is CC(=O)N1C[C@H]2CN(C(=O)C3Cc4ccccc4C3)C[C@H]2[C@H]1c1ccccc1. The van der Waals surface area contributed by atoms with Gasteiger partial charge in [-0.3, -0.25) is 9.59 Å². The minimum atomic E-state index is 0.0790. The smallest absolute Gasteiger partial charge is 0.226 e. The third kappa shape index (κ3) is 2.83. The van der Waals surface area contributed by atoms with Gasteiger partial charge in [0.2, 0.25) is 11.8 Å². The Morgan fingerprint density at radius 2 is 1.50 bits per heavy atom. The van der Waals surface area contributed by atoms with E-state index in [1.54, 1.807) is 6.92 Å². The molecule has 2 aromatic carbocycles. The van der Waals surface area contributed by atoms with Crippen molar-refractivity contribution >= 4 is 11.8 Å². The third-order valence-corrected chi connectivity index (χ3v) is 6.92. The molecule has 28 heavy (non-hydrogen) atoms. The molecule has 2 fully saturated rings. The summed E-state index contributed by atoms with van der Waals surface area (Å²) in [5, 5.41) is 0. The van der Waals surface area contributed by atoms with Gasteiger partial charge >= 0.3 is 0 Å². The molecule has 0 bridgehead atoms. The second kappa shape index (κ2) is 6.77. The van der Waals surface area contributed by atoms with Gasteiger partial charge in [-0.2, -0.15) is 0 Å². The number of amides is 2. The summed E-state index contributed by atoms with van der Waals surface area (Å²) < 4.78 is 0. The Morgan fingerprint density at radius 3 is 2.14 bits per heavy atom. The van der Waals surface area contributed by atoms with Crippen LogP contribution in [0.1, 0.15) is 29.7 Å². The summed E-state index contributed by atoms with van der Waals surface area (Å²) in [7, 11) is 0. The standard InChI is InChI=1S/C24H26N2O2/c1-16(27)26-14-21-13-25(15-22(21)23(26)17-7-3-2-4-8-17)24(28)20-11-18-9-5-6-10-19(18)12-20/h2-10,20-23H,11-15H2,1H3/t21-,22-,23-/m1/s1. The van der Waals surface area contributed by atoms with Crippen molar-refractivity contribution in [2.75, 3.05) is 19.6 Å². The van der Waals surface area contributed by atoms with Gasteiger partial charge in [0.25, 0.3) is 0 Å². The van der Waals surface area contributed by atoms with Gasteiger partial charge in [-0.25, -0.2) is 0 Å². The van der Waals surface area contributed by atoms with Gasteiger partial charge in [0, 0.05) is 44.3 Å². The topological polar surface area (TPSA) is 40.6 Å². The Balaban J connectivity index is 1.34. The molecule has 2 aliphatic heterocycles. The van der Waals surface area contributed by atoms with Crippen LogP contribution in [0, 0.1) is 17.8 Å². The predicted octanol–water partition coefficient (Wildman–Crippen LogP) is 3.08. The molecule has 2 saturated heterocycles. The van der Waals surface area contributed by atoms with Gasteiger partial charge in [0.05, 0.1) is 6.04 Å². The highest BCUT2D eigenvalue weighted by molar-refractivity contribution is 5.81. The Hall–Kier alpha value is -2.62. The number of hydrogen-bond acceptors (Lipinski definition) is 2. The Morgan fingerprint density at radius 1 is 0.857 bits per heavy atom. The summed E-state index contributed by atoms with van der Waals surface area (Å²) in [6.07, 6.45) is 1.73. The Kier molecular flexibility index (Phi) is 4.22. The zero-order valence-corrected chi connectivity index (χ0v) is 16.3.